The van der Waals surface area contributed by atoms with Gasteiger partial charge in [0.1, 0.15) is 0 Å². The summed E-state index contributed by atoms with van der Waals surface area (Å²) in [4.78, 5) is 5.54. The maximum atomic E-state index is 9.71. The summed E-state index contributed by atoms with van der Waals surface area (Å²) in [5.74, 6) is 0.401. The van der Waals surface area contributed by atoms with Gasteiger partial charge in [-0.05, 0) is 52.6 Å². The van der Waals surface area contributed by atoms with E-state index in [1.165, 1.54) is 13.2 Å². The summed E-state index contributed by atoms with van der Waals surface area (Å²) in [6, 6.07) is 8.47. The molecule has 1 unspecified atom stereocenters. The standard InChI is InChI=1S/C19H21NO6/c1-25-19-6-11(2-3-17(19)24)16-7-18(26-20-16)12-4-13(8-21)15(10-23)14(5-12)9-22/h2-6,18,21-24H,7-10H2,1H3. The number of aromatic hydroxyl groups is 1. The molecule has 0 saturated carbocycles. The Labute approximate surface area is 150 Å². The Hall–Kier alpha value is -2.61. The lowest BCUT2D eigenvalue weighted by Gasteiger charge is -2.16. The van der Waals surface area contributed by atoms with Crippen molar-refractivity contribution in [1.82, 2.24) is 0 Å². The first-order chi connectivity index (χ1) is 12.6. The highest BCUT2D eigenvalue weighted by Gasteiger charge is 2.26. The van der Waals surface area contributed by atoms with Crippen LogP contribution in [-0.4, -0.2) is 33.2 Å². The monoisotopic (exact) mass is 359 g/mol. The van der Waals surface area contributed by atoms with Crippen molar-refractivity contribution in [2.75, 3.05) is 7.11 Å². The van der Waals surface area contributed by atoms with E-state index < -0.39 is 0 Å². The molecule has 1 heterocycles. The Bertz CT molecular complexity index is 808. The van der Waals surface area contributed by atoms with Gasteiger partial charge in [-0.2, -0.15) is 0 Å². The first-order valence-electron chi connectivity index (χ1n) is 8.18. The van der Waals surface area contributed by atoms with Crippen molar-refractivity contribution in [2.24, 2.45) is 5.16 Å². The van der Waals surface area contributed by atoms with Crippen molar-refractivity contribution >= 4 is 5.71 Å². The normalized spacial score (nSPS) is 16.3. The average Bonchev–Trinajstić information content (AvgIpc) is 3.17. The number of hydrogen-bond donors (Lipinski definition) is 4. The summed E-state index contributed by atoms with van der Waals surface area (Å²) in [5, 5.41) is 42.4. The van der Waals surface area contributed by atoms with Gasteiger partial charge in [0.2, 0.25) is 0 Å². The number of phenolic OH excluding ortho intramolecular Hbond substituents is 1. The van der Waals surface area contributed by atoms with Crippen molar-refractivity contribution in [1.29, 1.82) is 0 Å². The van der Waals surface area contributed by atoms with E-state index >= 15 is 0 Å². The summed E-state index contributed by atoms with van der Waals surface area (Å²) >= 11 is 0. The molecule has 1 aliphatic heterocycles. The second-order valence-electron chi connectivity index (χ2n) is 6.01. The zero-order valence-corrected chi connectivity index (χ0v) is 14.3. The molecule has 7 heteroatoms. The van der Waals surface area contributed by atoms with Gasteiger partial charge in [-0.25, -0.2) is 0 Å². The molecule has 3 rings (SSSR count). The summed E-state index contributed by atoms with van der Waals surface area (Å²) < 4.78 is 5.12. The van der Waals surface area contributed by atoms with Crippen LogP contribution in [0.4, 0.5) is 0 Å². The maximum absolute atomic E-state index is 9.71. The van der Waals surface area contributed by atoms with Gasteiger partial charge in [-0.15, -0.1) is 0 Å². The van der Waals surface area contributed by atoms with Crippen molar-refractivity contribution in [3.8, 4) is 11.5 Å². The molecule has 1 atom stereocenters. The van der Waals surface area contributed by atoms with Crippen molar-refractivity contribution in [3.05, 3.63) is 58.1 Å². The third-order valence-electron chi connectivity index (χ3n) is 4.51. The molecule has 0 aromatic heterocycles. The van der Waals surface area contributed by atoms with Crippen LogP contribution >= 0.6 is 0 Å². The van der Waals surface area contributed by atoms with Crippen molar-refractivity contribution in [2.45, 2.75) is 32.3 Å². The molecule has 4 N–H and O–H groups in total. The number of benzene rings is 2. The van der Waals surface area contributed by atoms with Crippen LogP contribution < -0.4 is 4.74 Å². The first-order valence-corrected chi connectivity index (χ1v) is 8.18. The molecule has 0 fully saturated rings. The predicted octanol–water partition coefficient (Wildman–Crippen LogP) is 1.74. The van der Waals surface area contributed by atoms with E-state index in [2.05, 4.69) is 5.16 Å². The molecular weight excluding hydrogens is 338 g/mol. The predicted molar refractivity (Wildman–Crippen MR) is 93.8 cm³/mol. The second kappa shape index (κ2) is 7.74. The SMILES string of the molecule is COc1cc(C2=NOC(c3cc(CO)c(CO)c(CO)c3)C2)ccc1O. The third kappa shape index (κ3) is 3.37. The lowest BCUT2D eigenvalue weighted by molar-refractivity contribution is 0.0854. The van der Waals surface area contributed by atoms with Crippen LogP contribution in [0.1, 0.15) is 40.3 Å². The molecule has 0 aliphatic carbocycles. The average molecular weight is 359 g/mol. The van der Waals surface area contributed by atoms with E-state index in [0.29, 0.717) is 34.6 Å². The third-order valence-corrected chi connectivity index (χ3v) is 4.51. The van der Waals surface area contributed by atoms with Gasteiger partial charge in [-0.1, -0.05) is 5.16 Å². The molecule has 7 nitrogen and oxygen atoms in total. The van der Waals surface area contributed by atoms with Crippen LogP contribution in [0.5, 0.6) is 11.5 Å². The van der Waals surface area contributed by atoms with E-state index in [-0.39, 0.29) is 31.7 Å². The maximum Gasteiger partial charge on any atom is 0.161 e. The fraction of sp³-hybridized carbons (Fsp3) is 0.316. The molecule has 1 aliphatic rings. The van der Waals surface area contributed by atoms with Gasteiger partial charge in [-0.3, -0.25) is 0 Å². The number of ether oxygens (including phenoxy) is 1. The minimum atomic E-state index is -0.367. The number of aliphatic hydroxyl groups is 3. The quantitative estimate of drug-likeness (QED) is 0.625. The highest BCUT2D eigenvalue weighted by atomic mass is 16.6. The van der Waals surface area contributed by atoms with E-state index in [4.69, 9.17) is 9.57 Å². The molecule has 0 bridgehead atoms. The van der Waals surface area contributed by atoms with Crippen molar-refractivity contribution < 1.29 is 30.0 Å². The Morgan fingerprint density at radius 1 is 1.08 bits per heavy atom. The van der Waals surface area contributed by atoms with Crippen LogP contribution in [0.15, 0.2) is 35.5 Å². The van der Waals surface area contributed by atoms with Gasteiger partial charge in [0.05, 0.1) is 32.6 Å². The van der Waals surface area contributed by atoms with E-state index in [1.54, 1.807) is 24.3 Å². The fourth-order valence-electron chi connectivity index (χ4n) is 3.08. The number of rotatable bonds is 6. The van der Waals surface area contributed by atoms with E-state index in [9.17, 15) is 20.4 Å². The first kappa shape index (κ1) is 18.2. The van der Waals surface area contributed by atoms with Gasteiger partial charge in [0.15, 0.2) is 17.6 Å². The zero-order valence-electron chi connectivity index (χ0n) is 14.3. The minimum Gasteiger partial charge on any atom is -0.504 e. The Morgan fingerprint density at radius 3 is 2.35 bits per heavy atom. The van der Waals surface area contributed by atoms with Gasteiger partial charge in [0, 0.05) is 12.0 Å². The highest BCUT2D eigenvalue weighted by molar-refractivity contribution is 6.01. The summed E-state index contributed by atoms with van der Waals surface area (Å²) in [5.41, 5.74) is 3.88. The molecule has 0 spiro atoms. The lowest BCUT2D eigenvalue weighted by atomic mass is 9.93. The van der Waals surface area contributed by atoms with Crippen LogP contribution in [-0.2, 0) is 24.7 Å². The lowest BCUT2D eigenvalue weighted by Crippen LogP contribution is -2.07. The largest absolute Gasteiger partial charge is 0.504 e. The summed E-state index contributed by atoms with van der Waals surface area (Å²) in [6.07, 6.45) is 0.121. The summed E-state index contributed by atoms with van der Waals surface area (Å²) in [6.45, 7) is -0.745. The van der Waals surface area contributed by atoms with E-state index in [1.807, 2.05) is 0 Å². The molecule has 0 radical (unpaired) electrons. The smallest absolute Gasteiger partial charge is 0.161 e. The number of oxime groups is 1. The Balaban J connectivity index is 1.86. The molecule has 0 saturated heterocycles. The van der Waals surface area contributed by atoms with E-state index in [0.717, 1.165) is 11.1 Å². The molecule has 0 amide bonds. The number of hydrogen-bond acceptors (Lipinski definition) is 7. The molecule has 2 aromatic carbocycles. The number of nitrogens with zero attached hydrogens (tertiary/aromatic N) is 1. The van der Waals surface area contributed by atoms with Crippen LogP contribution in [0, 0.1) is 0 Å². The Kier molecular flexibility index (Phi) is 5.41. The molecular formula is C19H21NO6. The number of phenols is 1. The van der Waals surface area contributed by atoms with Crippen molar-refractivity contribution in [3.63, 3.8) is 0 Å². The topological polar surface area (TPSA) is 112 Å². The zero-order chi connectivity index (χ0) is 18.7. The second-order valence-corrected chi connectivity index (χ2v) is 6.01. The van der Waals surface area contributed by atoms with Crippen LogP contribution in [0.2, 0.25) is 0 Å². The van der Waals surface area contributed by atoms with Gasteiger partial charge >= 0.3 is 0 Å². The van der Waals surface area contributed by atoms with Crippen LogP contribution in [0.3, 0.4) is 0 Å². The molecule has 2 aromatic rings. The molecule has 26 heavy (non-hydrogen) atoms. The molecule has 138 valence electrons. The fourth-order valence-corrected chi connectivity index (χ4v) is 3.08. The highest BCUT2D eigenvalue weighted by Crippen LogP contribution is 2.34. The van der Waals surface area contributed by atoms with Gasteiger partial charge < -0.3 is 30.0 Å². The Morgan fingerprint density at radius 2 is 1.77 bits per heavy atom. The summed E-state index contributed by atoms with van der Waals surface area (Å²) in [7, 11) is 1.48. The minimum absolute atomic E-state index is 0.0482. The number of aliphatic hydroxyl groups excluding tert-OH is 3. The van der Waals surface area contributed by atoms with Gasteiger partial charge in [0.25, 0.3) is 0 Å². The van der Waals surface area contributed by atoms with Crippen LogP contribution in [0.25, 0.3) is 0 Å². The number of methoxy groups -OCH3 is 1.